The maximum Gasteiger partial charge on any atom is 0.142 e. The Morgan fingerprint density at radius 3 is 2.38 bits per heavy atom. The van der Waals surface area contributed by atoms with Gasteiger partial charge >= 0.3 is 0 Å². The minimum absolute atomic E-state index is 0.000247. The normalized spacial score (nSPS) is 13.0. The highest BCUT2D eigenvalue weighted by Crippen LogP contribution is 2.32. The van der Waals surface area contributed by atoms with E-state index < -0.39 is 0 Å². The largest absolute Gasteiger partial charge is 0.378 e. The van der Waals surface area contributed by atoms with Crippen molar-refractivity contribution in [3.63, 3.8) is 0 Å². The molecule has 0 aliphatic heterocycles. The zero-order valence-corrected chi connectivity index (χ0v) is 13.6. The molecule has 0 heterocycles. The zero-order chi connectivity index (χ0) is 15.6. The molecular formula is C18H21ClFN. The number of hydrogen-bond donors (Lipinski definition) is 1. The molecule has 0 saturated heterocycles. The molecule has 0 radical (unpaired) electrons. The van der Waals surface area contributed by atoms with Gasteiger partial charge in [0.05, 0.1) is 5.02 Å². The average Bonchev–Trinajstić information content (AvgIpc) is 2.41. The molecule has 0 bridgehead atoms. The highest BCUT2D eigenvalue weighted by molar-refractivity contribution is 6.30. The molecule has 2 rings (SSSR count). The second-order valence-corrected chi connectivity index (χ2v) is 6.74. The second-order valence-electron chi connectivity index (χ2n) is 6.34. The molecule has 0 amide bonds. The van der Waals surface area contributed by atoms with Crippen molar-refractivity contribution in [1.82, 2.24) is 0 Å². The SMILES string of the molecule is CC(Nc1ccccc1C(C)(C)C)c1ccc(Cl)c(F)c1. The van der Waals surface area contributed by atoms with Crippen molar-refractivity contribution in [2.45, 2.75) is 39.2 Å². The molecule has 2 aromatic rings. The van der Waals surface area contributed by atoms with Gasteiger partial charge in [0.2, 0.25) is 0 Å². The summed E-state index contributed by atoms with van der Waals surface area (Å²) in [6.45, 7) is 8.56. The van der Waals surface area contributed by atoms with Gasteiger partial charge < -0.3 is 5.32 Å². The molecule has 112 valence electrons. The lowest BCUT2D eigenvalue weighted by Gasteiger charge is -2.25. The predicted molar refractivity (Wildman–Crippen MR) is 88.6 cm³/mol. The molecule has 0 saturated carbocycles. The van der Waals surface area contributed by atoms with Crippen molar-refractivity contribution in [2.24, 2.45) is 0 Å². The maximum atomic E-state index is 13.6. The lowest BCUT2D eigenvalue weighted by Crippen LogP contribution is -2.16. The Hall–Kier alpha value is -1.54. The summed E-state index contributed by atoms with van der Waals surface area (Å²) >= 11 is 5.74. The topological polar surface area (TPSA) is 12.0 Å². The molecule has 0 fully saturated rings. The molecule has 0 spiro atoms. The number of nitrogens with one attached hydrogen (secondary N) is 1. The van der Waals surface area contributed by atoms with Gasteiger partial charge in [0.1, 0.15) is 5.82 Å². The van der Waals surface area contributed by atoms with E-state index in [2.05, 4.69) is 38.2 Å². The van der Waals surface area contributed by atoms with Crippen LogP contribution in [0.15, 0.2) is 42.5 Å². The van der Waals surface area contributed by atoms with Crippen LogP contribution in [0.2, 0.25) is 5.02 Å². The van der Waals surface area contributed by atoms with E-state index in [-0.39, 0.29) is 22.3 Å². The summed E-state index contributed by atoms with van der Waals surface area (Å²) in [5, 5.41) is 3.62. The lowest BCUT2D eigenvalue weighted by molar-refractivity contribution is 0.590. The summed E-state index contributed by atoms with van der Waals surface area (Å²) in [6.07, 6.45) is 0. The number of anilines is 1. The minimum Gasteiger partial charge on any atom is -0.378 e. The highest BCUT2D eigenvalue weighted by atomic mass is 35.5. The Balaban J connectivity index is 2.27. The van der Waals surface area contributed by atoms with Crippen molar-refractivity contribution in [2.75, 3.05) is 5.32 Å². The van der Waals surface area contributed by atoms with E-state index in [0.717, 1.165) is 11.3 Å². The van der Waals surface area contributed by atoms with Crippen LogP contribution in [0.5, 0.6) is 0 Å². The number of hydrogen-bond acceptors (Lipinski definition) is 1. The van der Waals surface area contributed by atoms with Crippen LogP contribution in [0.3, 0.4) is 0 Å². The van der Waals surface area contributed by atoms with Crippen LogP contribution in [0, 0.1) is 5.82 Å². The molecule has 1 atom stereocenters. The first kappa shape index (κ1) is 15.8. The minimum atomic E-state index is -0.382. The molecule has 0 aromatic heterocycles. The fourth-order valence-electron chi connectivity index (χ4n) is 2.36. The predicted octanol–water partition coefficient (Wildman–Crippen LogP) is 5.95. The van der Waals surface area contributed by atoms with E-state index >= 15 is 0 Å². The van der Waals surface area contributed by atoms with E-state index in [1.54, 1.807) is 6.07 Å². The summed E-state index contributed by atoms with van der Waals surface area (Å²) in [5.41, 5.74) is 3.24. The van der Waals surface area contributed by atoms with Gasteiger partial charge in [0.15, 0.2) is 0 Å². The quantitative estimate of drug-likeness (QED) is 0.739. The van der Waals surface area contributed by atoms with Crippen LogP contribution < -0.4 is 5.32 Å². The van der Waals surface area contributed by atoms with Crippen LogP contribution in [-0.4, -0.2) is 0 Å². The van der Waals surface area contributed by atoms with Crippen LogP contribution in [-0.2, 0) is 5.41 Å². The second kappa shape index (κ2) is 6.07. The number of benzene rings is 2. The van der Waals surface area contributed by atoms with Crippen LogP contribution in [0.1, 0.15) is 44.9 Å². The first-order chi connectivity index (χ1) is 9.79. The third-order valence-corrected chi connectivity index (χ3v) is 3.86. The van der Waals surface area contributed by atoms with Crippen LogP contribution in [0.25, 0.3) is 0 Å². The first-order valence-electron chi connectivity index (χ1n) is 7.10. The Bertz CT molecular complexity index is 631. The number of para-hydroxylation sites is 1. The Morgan fingerprint density at radius 2 is 1.76 bits per heavy atom. The van der Waals surface area contributed by atoms with Gasteiger partial charge in [-0.1, -0.05) is 56.6 Å². The molecule has 1 N–H and O–H groups in total. The maximum absolute atomic E-state index is 13.6. The zero-order valence-electron chi connectivity index (χ0n) is 12.9. The van der Waals surface area contributed by atoms with Gasteiger partial charge in [-0.15, -0.1) is 0 Å². The molecule has 1 nitrogen and oxygen atoms in total. The van der Waals surface area contributed by atoms with E-state index in [9.17, 15) is 4.39 Å². The van der Waals surface area contributed by atoms with Gasteiger partial charge in [-0.25, -0.2) is 4.39 Å². The molecule has 2 aromatic carbocycles. The summed E-state index contributed by atoms with van der Waals surface area (Å²) in [4.78, 5) is 0. The molecule has 0 aliphatic rings. The van der Waals surface area contributed by atoms with Crippen molar-refractivity contribution in [1.29, 1.82) is 0 Å². The third-order valence-electron chi connectivity index (χ3n) is 3.55. The lowest BCUT2D eigenvalue weighted by atomic mass is 9.85. The van der Waals surface area contributed by atoms with E-state index in [1.807, 2.05) is 25.1 Å². The summed E-state index contributed by atoms with van der Waals surface area (Å²) in [6, 6.07) is 13.2. The monoisotopic (exact) mass is 305 g/mol. The smallest absolute Gasteiger partial charge is 0.142 e. The summed E-state index contributed by atoms with van der Waals surface area (Å²) in [5.74, 6) is -0.382. The number of halogens is 2. The van der Waals surface area contributed by atoms with Gasteiger partial charge in [0, 0.05) is 11.7 Å². The molecule has 0 aliphatic carbocycles. The Morgan fingerprint density at radius 1 is 1.10 bits per heavy atom. The fraction of sp³-hybridized carbons (Fsp3) is 0.333. The van der Waals surface area contributed by atoms with Crippen molar-refractivity contribution >= 4 is 17.3 Å². The van der Waals surface area contributed by atoms with E-state index in [0.29, 0.717) is 0 Å². The average molecular weight is 306 g/mol. The Kier molecular flexibility index (Phi) is 4.58. The summed E-state index contributed by atoms with van der Waals surface area (Å²) < 4.78 is 13.6. The molecular weight excluding hydrogens is 285 g/mol. The van der Waals surface area contributed by atoms with Crippen LogP contribution in [0.4, 0.5) is 10.1 Å². The van der Waals surface area contributed by atoms with Gasteiger partial charge in [-0.3, -0.25) is 0 Å². The van der Waals surface area contributed by atoms with E-state index in [1.165, 1.54) is 11.6 Å². The van der Waals surface area contributed by atoms with Gasteiger partial charge in [-0.2, -0.15) is 0 Å². The van der Waals surface area contributed by atoms with Crippen molar-refractivity contribution < 1.29 is 4.39 Å². The number of rotatable bonds is 3. The molecule has 21 heavy (non-hydrogen) atoms. The molecule has 1 unspecified atom stereocenters. The standard InChI is InChI=1S/C18H21ClFN/c1-12(13-9-10-15(19)16(20)11-13)21-17-8-6-5-7-14(17)18(2,3)4/h5-12,21H,1-4H3. The first-order valence-corrected chi connectivity index (χ1v) is 7.48. The van der Waals surface area contributed by atoms with Crippen molar-refractivity contribution in [3.8, 4) is 0 Å². The summed E-state index contributed by atoms with van der Waals surface area (Å²) in [7, 11) is 0. The molecule has 3 heteroatoms. The third kappa shape index (κ3) is 3.76. The Labute approximate surface area is 131 Å². The van der Waals surface area contributed by atoms with Crippen LogP contribution >= 0.6 is 11.6 Å². The van der Waals surface area contributed by atoms with Gasteiger partial charge in [-0.05, 0) is 41.7 Å². The van der Waals surface area contributed by atoms with E-state index in [4.69, 9.17) is 11.6 Å². The fourth-order valence-corrected chi connectivity index (χ4v) is 2.48. The highest BCUT2D eigenvalue weighted by Gasteiger charge is 2.18. The van der Waals surface area contributed by atoms with Gasteiger partial charge in [0.25, 0.3) is 0 Å². The van der Waals surface area contributed by atoms with Crippen molar-refractivity contribution in [3.05, 3.63) is 64.4 Å².